The second-order valence-corrected chi connectivity index (χ2v) is 7.43. The van der Waals surface area contributed by atoms with Gasteiger partial charge in [0.1, 0.15) is 5.75 Å². The molecule has 1 unspecified atom stereocenters. The maximum Gasteiger partial charge on any atom is 0.513 e. The molecule has 0 fully saturated rings. The number of rotatable bonds is 7. The van der Waals surface area contributed by atoms with Crippen molar-refractivity contribution in [3.63, 3.8) is 0 Å². The Balaban J connectivity index is 1.65. The van der Waals surface area contributed by atoms with Gasteiger partial charge in [0.15, 0.2) is 5.43 Å². The van der Waals surface area contributed by atoms with Gasteiger partial charge in [-0.1, -0.05) is 24.8 Å². The Morgan fingerprint density at radius 2 is 1.90 bits per heavy atom. The molecule has 0 saturated heterocycles. The highest BCUT2D eigenvalue weighted by atomic mass is 32.1. The lowest BCUT2D eigenvalue weighted by molar-refractivity contribution is -0.142. The third-order valence-corrected chi connectivity index (χ3v) is 5.35. The molecule has 6 nitrogen and oxygen atoms in total. The van der Waals surface area contributed by atoms with Crippen molar-refractivity contribution < 1.29 is 23.8 Å². The van der Waals surface area contributed by atoms with Gasteiger partial charge in [-0.05, 0) is 44.0 Å². The van der Waals surface area contributed by atoms with Gasteiger partial charge < -0.3 is 14.2 Å². The molecule has 150 valence electrons. The van der Waals surface area contributed by atoms with Crippen LogP contribution in [0.25, 0.3) is 20.2 Å². The van der Waals surface area contributed by atoms with Gasteiger partial charge >= 0.3 is 12.1 Å². The smallest absolute Gasteiger partial charge is 0.460 e. The van der Waals surface area contributed by atoms with Crippen LogP contribution in [0.3, 0.4) is 0 Å². The van der Waals surface area contributed by atoms with E-state index in [0.29, 0.717) is 23.6 Å². The molecule has 2 aromatic carbocycles. The fraction of sp³-hybridized carbons (Fsp3) is 0.227. The molecule has 0 bridgehead atoms. The normalized spacial score (nSPS) is 11.8. The van der Waals surface area contributed by atoms with Gasteiger partial charge in [-0.25, -0.2) is 9.59 Å². The summed E-state index contributed by atoms with van der Waals surface area (Å²) in [7, 11) is 0. The van der Waals surface area contributed by atoms with Crippen molar-refractivity contribution >= 4 is 43.6 Å². The third kappa shape index (κ3) is 5.00. The summed E-state index contributed by atoms with van der Waals surface area (Å²) in [4.78, 5) is 36.0. The lowest BCUT2D eigenvalue weighted by Crippen LogP contribution is -2.16. The number of hydrogen-bond donors (Lipinski definition) is 0. The van der Waals surface area contributed by atoms with E-state index < -0.39 is 12.1 Å². The molecule has 0 amide bonds. The van der Waals surface area contributed by atoms with E-state index in [1.54, 1.807) is 31.2 Å². The Morgan fingerprint density at radius 1 is 1.14 bits per heavy atom. The van der Waals surface area contributed by atoms with Crippen LogP contribution >= 0.6 is 11.3 Å². The topological polar surface area (TPSA) is 78.9 Å². The van der Waals surface area contributed by atoms with Crippen molar-refractivity contribution in [3.05, 3.63) is 65.3 Å². The minimum absolute atomic E-state index is 0.107. The zero-order valence-electron chi connectivity index (χ0n) is 15.9. The minimum Gasteiger partial charge on any atom is -0.460 e. The van der Waals surface area contributed by atoms with Gasteiger partial charge in [-0.3, -0.25) is 4.79 Å². The van der Waals surface area contributed by atoms with Crippen LogP contribution in [0, 0.1) is 0 Å². The largest absolute Gasteiger partial charge is 0.513 e. The maximum atomic E-state index is 12.9. The zero-order valence-corrected chi connectivity index (χ0v) is 16.7. The second-order valence-electron chi connectivity index (χ2n) is 6.35. The maximum absolute atomic E-state index is 12.9. The van der Waals surface area contributed by atoms with Crippen LogP contribution in [0.1, 0.15) is 19.8 Å². The lowest BCUT2D eigenvalue weighted by Gasteiger charge is -2.12. The first-order valence-corrected chi connectivity index (χ1v) is 9.93. The molecule has 0 spiro atoms. The zero-order chi connectivity index (χ0) is 20.8. The quantitative estimate of drug-likeness (QED) is 0.182. The number of carbonyl (C=O) groups excluding carboxylic acids is 2. The van der Waals surface area contributed by atoms with Crippen molar-refractivity contribution in [1.82, 2.24) is 0 Å². The predicted octanol–water partition coefficient (Wildman–Crippen LogP) is 4.83. The van der Waals surface area contributed by atoms with Crippen LogP contribution in [0.15, 0.2) is 59.9 Å². The molecule has 7 heteroatoms. The summed E-state index contributed by atoms with van der Waals surface area (Å²) >= 11 is 1.46. The van der Waals surface area contributed by atoms with E-state index in [0.717, 1.165) is 15.5 Å². The average Bonchev–Trinajstić information content (AvgIpc) is 2.71. The number of carbonyl (C=O) groups is 2. The lowest BCUT2D eigenvalue weighted by atomic mass is 10.1. The molecule has 1 heterocycles. The van der Waals surface area contributed by atoms with Gasteiger partial charge in [0.05, 0.1) is 18.1 Å². The van der Waals surface area contributed by atoms with E-state index in [9.17, 15) is 14.4 Å². The molecule has 1 aromatic heterocycles. The third-order valence-electron chi connectivity index (χ3n) is 4.22. The molecule has 0 aliphatic heterocycles. The molecule has 0 aliphatic carbocycles. The second kappa shape index (κ2) is 9.34. The molecule has 29 heavy (non-hydrogen) atoms. The first-order chi connectivity index (χ1) is 14.0. The summed E-state index contributed by atoms with van der Waals surface area (Å²) < 4.78 is 17.0. The van der Waals surface area contributed by atoms with Gasteiger partial charge in [-0.2, -0.15) is 0 Å². The van der Waals surface area contributed by atoms with Crippen LogP contribution in [-0.2, 0) is 14.3 Å². The summed E-state index contributed by atoms with van der Waals surface area (Å²) in [6, 6.07) is 12.4. The number of fused-ring (bicyclic) bond motifs is 2. The van der Waals surface area contributed by atoms with Crippen molar-refractivity contribution in [2.45, 2.75) is 25.9 Å². The minimum atomic E-state index is -0.884. The van der Waals surface area contributed by atoms with Crippen LogP contribution in [0.4, 0.5) is 4.79 Å². The first-order valence-electron chi connectivity index (χ1n) is 9.12. The fourth-order valence-corrected chi connectivity index (χ4v) is 3.95. The van der Waals surface area contributed by atoms with Crippen molar-refractivity contribution in [1.29, 1.82) is 0 Å². The fourth-order valence-electron chi connectivity index (χ4n) is 2.85. The van der Waals surface area contributed by atoms with E-state index >= 15 is 0 Å². The number of hydrogen-bond acceptors (Lipinski definition) is 7. The molecule has 0 aliphatic rings. The van der Waals surface area contributed by atoms with E-state index in [-0.39, 0.29) is 23.9 Å². The molecule has 0 radical (unpaired) electrons. The van der Waals surface area contributed by atoms with Gasteiger partial charge in [0.2, 0.25) is 0 Å². The average molecular weight is 412 g/mol. The molecule has 1 atom stereocenters. The molecule has 3 rings (SSSR count). The van der Waals surface area contributed by atoms with Crippen LogP contribution in [0.2, 0.25) is 0 Å². The molecular formula is C22H20O6S. The molecular weight excluding hydrogens is 392 g/mol. The Hall–Kier alpha value is -3.19. The van der Waals surface area contributed by atoms with Crippen LogP contribution in [0.5, 0.6) is 5.75 Å². The number of ether oxygens (including phenoxy) is 3. The Labute approximate surface area is 171 Å². The number of benzene rings is 2. The summed E-state index contributed by atoms with van der Waals surface area (Å²) in [5.41, 5.74) is -0.185. The van der Waals surface area contributed by atoms with E-state index in [4.69, 9.17) is 14.2 Å². The number of esters is 1. The highest BCUT2D eigenvalue weighted by molar-refractivity contribution is 7.24. The standard InChI is InChI=1S/C22H20O6S/c1-3-19(23)27-14(2)8-7-13-26-22(25)28-16-10-6-12-18-20(16)21(24)15-9-4-5-11-17(15)29-18/h3-6,9-12,14H,1,7-8,13H2,2H3. The van der Waals surface area contributed by atoms with Gasteiger partial charge in [-0.15, -0.1) is 11.3 Å². The van der Waals surface area contributed by atoms with Crippen molar-refractivity contribution in [3.8, 4) is 5.75 Å². The Bertz CT molecular complexity index is 1120. The van der Waals surface area contributed by atoms with E-state index in [1.807, 2.05) is 18.2 Å². The summed E-state index contributed by atoms with van der Waals surface area (Å²) in [6.45, 7) is 5.19. The highest BCUT2D eigenvalue weighted by Gasteiger charge is 2.15. The molecule has 0 saturated carbocycles. The van der Waals surface area contributed by atoms with Crippen LogP contribution in [-0.4, -0.2) is 24.8 Å². The SMILES string of the molecule is C=CC(=O)OC(C)CCCOC(=O)Oc1cccc2sc3ccccc3c(=O)c12. The Kier molecular flexibility index (Phi) is 6.61. The van der Waals surface area contributed by atoms with Gasteiger partial charge in [0, 0.05) is 20.9 Å². The summed E-state index contributed by atoms with van der Waals surface area (Å²) in [6.07, 6.45) is 0.930. The van der Waals surface area contributed by atoms with Crippen molar-refractivity contribution in [2.75, 3.05) is 6.61 Å². The van der Waals surface area contributed by atoms with Gasteiger partial charge in [0.25, 0.3) is 0 Å². The van der Waals surface area contributed by atoms with Crippen molar-refractivity contribution in [2.24, 2.45) is 0 Å². The molecule has 0 N–H and O–H groups in total. The molecule has 3 aromatic rings. The highest BCUT2D eigenvalue weighted by Crippen LogP contribution is 2.30. The van der Waals surface area contributed by atoms with Crippen LogP contribution < -0.4 is 10.2 Å². The summed E-state index contributed by atoms with van der Waals surface area (Å²) in [5.74, 6) is -0.316. The first kappa shape index (κ1) is 20.5. The monoisotopic (exact) mass is 412 g/mol. The summed E-state index contributed by atoms with van der Waals surface area (Å²) in [5, 5.41) is 0.940. The van der Waals surface area contributed by atoms with E-state index in [1.165, 1.54) is 11.3 Å². The predicted molar refractivity (Wildman–Crippen MR) is 113 cm³/mol. The Morgan fingerprint density at radius 3 is 2.69 bits per heavy atom. The van der Waals surface area contributed by atoms with E-state index in [2.05, 4.69) is 6.58 Å².